The molecular weight excluding hydrogens is 236 g/mol. The Labute approximate surface area is 104 Å². The maximum Gasteiger partial charge on any atom is 0.378 e. The third-order valence-electron chi connectivity index (χ3n) is 2.59. The minimum absolute atomic E-state index is 0.162. The number of carbonyl (C=O) groups excluding carboxylic acids is 1. The van der Waals surface area contributed by atoms with Crippen LogP contribution in [0.3, 0.4) is 0 Å². The number of cyclic esters (lactones) is 1. The van der Waals surface area contributed by atoms with E-state index in [0.717, 1.165) is 5.56 Å². The zero-order valence-corrected chi connectivity index (χ0v) is 9.70. The first kappa shape index (κ1) is 12.4. The maximum atomic E-state index is 11.4. The molecule has 5 nitrogen and oxygen atoms in total. The van der Waals surface area contributed by atoms with Crippen molar-refractivity contribution < 1.29 is 24.5 Å². The summed E-state index contributed by atoms with van der Waals surface area (Å²) in [6, 6.07) is 9.29. The molecule has 96 valence electrons. The molecule has 5 heteroatoms. The van der Waals surface area contributed by atoms with Crippen LogP contribution in [0.25, 0.3) is 0 Å². The quantitative estimate of drug-likeness (QED) is 0.770. The van der Waals surface area contributed by atoms with Gasteiger partial charge in [-0.3, -0.25) is 0 Å². The molecule has 1 aromatic rings. The van der Waals surface area contributed by atoms with Crippen molar-refractivity contribution in [2.75, 3.05) is 6.61 Å². The summed E-state index contributed by atoms with van der Waals surface area (Å²) in [7, 11) is 0. The minimum Gasteiger partial charge on any atom is -0.505 e. The molecule has 1 atom stereocenters. The van der Waals surface area contributed by atoms with Gasteiger partial charge in [-0.2, -0.15) is 0 Å². The summed E-state index contributed by atoms with van der Waals surface area (Å²) in [6.45, 7) is 0.00908. The molecule has 18 heavy (non-hydrogen) atoms. The minimum atomic E-state index is -0.798. The molecule has 0 aromatic heterocycles. The number of hydrogen-bond acceptors (Lipinski definition) is 5. The molecule has 1 aliphatic rings. The molecule has 1 aliphatic heterocycles. The van der Waals surface area contributed by atoms with Crippen LogP contribution < -0.4 is 0 Å². The fourth-order valence-corrected chi connectivity index (χ4v) is 1.66. The van der Waals surface area contributed by atoms with Crippen LogP contribution in [0.5, 0.6) is 0 Å². The lowest BCUT2D eigenvalue weighted by Gasteiger charge is -2.06. The number of hydrogen-bond donors (Lipinski definition) is 2. The second-order valence-corrected chi connectivity index (χ2v) is 3.89. The molecule has 2 N–H and O–H groups in total. The van der Waals surface area contributed by atoms with Crippen LogP contribution in [0, 0.1) is 0 Å². The van der Waals surface area contributed by atoms with Crippen molar-refractivity contribution in [3.05, 3.63) is 47.4 Å². The number of carbonyl (C=O) groups is 1. The van der Waals surface area contributed by atoms with Crippen LogP contribution in [0.2, 0.25) is 0 Å². The van der Waals surface area contributed by atoms with Gasteiger partial charge >= 0.3 is 5.97 Å². The molecule has 0 aliphatic carbocycles. The third-order valence-corrected chi connectivity index (χ3v) is 2.59. The van der Waals surface area contributed by atoms with Gasteiger partial charge in [-0.1, -0.05) is 30.3 Å². The van der Waals surface area contributed by atoms with Gasteiger partial charge in [0.1, 0.15) is 6.61 Å². The largest absolute Gasteiger partial charge is 0.505 e. The van der Waals surface area contributed by atoms with Gasteiger partial charge in [-0.25, -0.2) is 4.79 Å². The Morgan fingerprint density at radius 2 is 2.00 bits per heavy atom. The van der Waals surface area contributed by atoms with Crippen LogP contribution in [-0.4, -0.2) is 28.9 Å². The fourth-order valence-electron chi connectivity index (χ4n) is 1.66. The average molecular weight is 250 g/mol. The molecule has 0 amide bonds. The van der Waals surface area contributed by atoms with Crippen molar-refractivity contribution in [1.29, 1.82) is 0 Å². The smallest absolute Gasteiger partial charge is 0.378 e. The highest BCUT2D eigenvalue weighted by Crippen LogP contribution is 2.24. The Hall–Kier alpha value is -2.01. The van der Waals surface area contributed by atoms with Crippen molar-refractivity contribution >= 4 is 5.97 Å². The van der Waals surface area contributed by atoms with Crippen LogP contribution in [0.4, 0.5) is 0 Å². The van der Waals surface area contributed by atoms with Gasteiger partial charge in [0.25, 0.3) is 0 Å². The summed E-state index contributed by atoms with van der Waals surface area (Å²) in [4.78, 5) is 11.4. The molecule has 0 radical (unpaired) electrons. The highest BCUT2D eigenvalue weighted by Gasteiger charge is 2.35. The van der Waals surface area contributed by atoms with Crippen LogP contribution in [0.1, 0.15) is 12.0 Å². The van der Waals surface area contributed by atoms with Crippen molar-refractivity contribution in [2.24, 2.45) is 0 Å². The first-order valence-corrected chi connectivity index (χ1v) is 5.64. The van der Waals surface area contributed by atoms with Crippen molar-refractivity contribution in [3.63, 3.8) is 0 Å². The van der Waals surface area contributed by atoms with E-state index in [0.29, 0.717) is 0 Å². The van der Waals surface area contributed by atoms with Crippen LogP contribution in [0.15, 0.2) is 41.9 Å². The first-order chi connectivity index (χ1) is 8.72. The Kier molecular flexibility index (Phi) is 3.84. The zero-order valence-electron chi connectivity index (χ0n) is 9.70. The lowest BCUT2D eigenvalue weighted by molar-refractivity contribution is -0.143. The normalized spacial score (nSPS) is 18.9. The molecule has 0 saturated heterocycles. The van der Waals surface area contributed by atoms with E-state index in [-0.39, 0.29) is 31.2 Å². The number of rotatable bonds is 5. The van der Waals surface area contributed by atoms with E-state index >= 15 is 0 Å². The lowest BCUT2D eigenvalue weighted by Crippen LogP contribution is -2.13. The monoisotopic (exact) mass is 250 g/mol. The molecule has 0 fully saturated rings. The Balaban J connectivity index is 2.02. The zero-order chi connectivity index (χ0) is 13.0. The predicted molar refractivity (Wildman–Crippen MR) is 62.5 cm³/mol. The maximum absolute atomic E-state index is 11.4. The first-order valence-electron chi connectivity index (χ1n) is 5.64. The van der Waals surface area contributed by atoms with E-state index in [9.17, 15) is 9.90 Å². The van der Waals surface area contributed by atoms with E-state index in [4.69, 9.17) is 14.6 Å². The highest BCUT2D eigenvalue weighted by atomic mass is 16.6. The van der Waals surface area contributed by atoms with E-state index in [1.54, 1.807) is 0 Å². The average Bonchev–Trinajstić information content (AvgIpc) is 2.64. The Bertz CT molecular complexity index is 452. The second-order valence-electron chi connectivity index (χ2n) is 3.89. The fraction of sp³-hybridized carbons (Fsp3) is 0.308. The number of benzene rings is 1. The summed E-state index contributed by atoms with van der Waals surface area (Å²) < 4.78 is 10.1. The number of aliphatic hydroxyl groups excluding tert-OH is 2. The van der Waals surface area contributed by atoms with Gasteiger partial charge in [0.2, 0.25) is 5.76 Å². The van der Waals surface area contributed by atoms with Crippen LogP contribution >= 0.6 is 0 Å². The summed E-state index contributed by atoms with van der Waals surface area (Å²) >= 11 is 0. The summed E-state index contributed by atoms with van der Waals surface area (Å²) in [5, 5.41) is 18.5. The van der Waals surface area contributed by atoms with Gasteiger partial charge in [0.15, 0.2) is 11.9 Å². The topological polar surface area (TPSA) is 76.0 Å². The van der Waals surface area contributed by atoms with Crippen molar-refractivity contribution in [2.45, 2.75) is 19.1 Å². The number of aliphatic hydroxyl groups is 2. The standard InChI is InChI=1S/C13H14O5/c14-7-6-10-11(15)12(13(16)18-10)17-8-9-4-2-1-3-5-9/h1-5,10,14-15H,6-8H2. The van der Waals surface area contributed by atoms with E-state index < -0.39 is 12.1 Å². The van der Waals surface area contributed by atoms with Gasteiger partial charge < -0.3 is 19.7 Å². The van der Waals surface area contributed by atoms with E-state index in [1.165, 1.54) is 0 Å². The molecular formula is C13H14O5. The summed E-state index contributed by atoms with van der Waals surface area (Å²) in [5.74, 6) is -1.11. The van der Waals surface area contributed by atoms with E-state index in [1.807, 2.05) is 30.3 Å². The number of esters is 1. The summed E-state index contributed by atoms with van der Waals surface area (Å²) in [6.07, 6.45) is -0.635. The molecule has 0 bridgehead atoms. The van der Waals surface area contributed by atoms with Crippen LogP contribution in [-0.2, 0) is 20.9 Å². The summed E-state index contributed by atoms with van der Waals surface area (Å²) in [5.41, 5.74) is 0.885. The molecule has 2 rings (SSSR count). The SMILES string of the molecule is O=C1OC(CCO)C(O)=C1OCc1ccccc1. The molecule has 1 heterocycles. The van der Waals surface area contributed by atoms with Gasteiger partial charge in [0, 0.05) is 13.0 Å². The molecule has 1 unspecified atom stereocenters. The Morgan fingerprint density at radius 1 is 1.28 bits per heavy atom. The Morgan fingerprint density at radius 3 is 2.67 bits per heavy atom. The van der Waals surface area contributed by atoms with Crippen molar-refractivity contribution in [1.82, 2.24) is 0 Å². The van der Waals surface area contributed by atoms with Gasteiger partial charge in [-0.15, -0.1) is 0 Å². The van der Waals surface area contributed by atoms with Crippen molar-refractivity contribution in [3.8, 4) is 0 Å². The second kappa shape index (κ2) is 5.55. The van der Waals surface area contributed by atoms with E-state index in [2.05, 4.69) is 0 Å². The predicted octanol–water partition coefficient (Wildman–Crippen LogP) is 1.28. The molecule has 1 aromatic carbocycles. The lowest BCUT2D eigenvalue weighted by atomic mass is 10.2. The highest BCUT2D eigenvalue weighted by molar-refractivity contribution is 5.89. The van der Waals surface area contributed by atoms with Gasteiger partial charge in [-0.05, 0) is 5.56 Å². The number of ether oxygens (including phenoxy) is 2. The molecule has 0 saturated carbocycles. The van der Waals surface area contributed by atoms with Gasteiger partial charge in [0.05, 0.1) is 0 Å². The molecule has 0 spiro atoms. The third kappa shape index (κ3) is 2.62.